The molecule has 0 N–H and O–H groups in total. The molecule has 276 valence electrons. The van der Waals surface area contributed by atoms with E-state index in [2.05, 4.69) is 206 Å². The number of benzene rings is 9. The maximum Gasteiger partial charge on any atom is 0.174 e. The van der Waals surface area contributed by atoms with E-state index in [4.69, 9.17) is 15.0 Å². The van der Waals surface area contributed by atoms with Crippen molar-refractivity contribution in [3.05, 3.63) is 212 Å². The quantitative estimate of drug-likeness (QED) is 0.152. The second kappa shape index (κ2) is 14.8. The molecule has 2 heterocycles. The van der Waals surface area contributed by atoms with Crippen LogP contribution in [-0.4, -0.2) is 15.0 Å². The summed E-state index contributed by atoms with van der Waals surface area (Å²) in [4.78, 5) is 16.3. The number of thiophene rings is 1. The molecule has 11 rings (SSSR count). The van der Waals surface area contributed by atoms with Crippen molar-refractivity contribution >= 4 is 43.0 Å². The molecule has 0 saturated heterocycles. The Hall–Kier alpha value is -7.53. The summed E-state index contributed by atoms with van der Waals surface area (Å²) >= 11 is 1.71. The minimum atomic E-state index is 0.643. The fourth-order valence-corrected chi connectivity index (χ4v) is 9.30. The van der Waals surface area contributed by atoms with Crippen molar-refractivity contribution in [2.45, 2.75) is 0 Å². The number of rotatable bonds is 7. The van der Waals surface area contributed by atoms with Crippen LogP contribution < -0.4 is 0 Å². The lowest BCUT2D eigenvalue weighted by Crippen LogP contribution is -1.99. The molecule has 0 aliphatic carbocycles. The van der Waals surface area contributed by atoms with Gasteiger partial charge in [0.1, 0.15) is 0 Å². The van der Waals surface area contributed by atoms with Crippen molar-refractivity contribution < 1.29 is 0 Å². The Morgan fingerprint density at radius 2 is 0.678 bits per heavy atom. The summed E-state index contributed by atoms with van der Waals surface area (Å²) in [6, 6.07) is 75.5. The summed E-state index contributed by atoms with van der Waals surface area (Å²) in [5.74, 6) is 1.96. The Labute approximate surface area is 346 Å². The van der Waals surface area contributed by atoms with Crippen molar-refractivity contribution in [3.8, 4) is 78.0 Å². The molecular weight excluding hydrogens is 735 g/mol. The van der Waals surface area contributed by atoms with Gasteiger partial charge in [-0.25, -0.2) is 15.0 Å². The van der Waals surface area contributed by atoms with Gasteiger partial charge >= 0.3 is 0 Å². The largest absolute Gasteiger partial charge is 0.208 e. The molecule has 2 aromatic heterocycles. The molecule has 0 atom stereocenters. The first-order valence-corrected chi connectivity index (χ1v) is 20.7. The lowest BCUT2D eigenvalue weighted by Gasteiger charge is -2.18. The van der Waals surface area contributed by atoms with Gasteiger partial charge in [0.25, 0.3) is 0 Å². The van der Waals surface area contributed by atoms with Crippen LogP contribution >= 0.6 is 11.3 Å². The Bertz CT molecular complexity index is 3210. The Balaban J connectivity index is 1.03. The van der Waals surface area contributed by atoms with Gasteiger partial charge in [0.05, 0.1) is 4.88 Å². The monoisotopic (exact) mass is 769 g/mol. The maximum atomic E-state index is 5.12. The minimum Gasteiger partial charge on any atom is -0.208 e. The van der Waals surface area contributed by atoms with Crippen molar-refractivity contribution in [1.29, 1.82) is 0 Å². The molecule has 9 aromatic carbocycles. The van der Waals surface area contributed by atoms with Crippen LogP contribution in [0.2, 0.25) is 0 Å². The molecule has 0 aliphatic rings. The van der Waals surface area contributed by atoms with Gasteiger partial charge in [0.2, 0.25) is 0 Å². The first-order valence-electron chi connectivity index (χ1n) is 19.8. The Kier molecular flexibility index (Phi) is 8.68. The van der Waals surface area contributed by atoms with Crippen molar-refractivity contribution in [3.63, 3.8) is 0 Å². The number of hydrogen-bond acceptors (Lipinski definition) is 4. The highest BCUT2D eigenvalue weighted by Gasteiger charge is 2.19. The summed E-state index contributed by atoms with van der Waals surface area (Å²) in [7, 11) is 0. The maximum absolute atomic E-state index is 5.12. The molecule has 4 heteroatoms. The third-order valence-corrected chi connectivity index (χ3v) is 12.3. The van der Waals surface area contributed by atoms with Gasteiger partial charge in [-0.05, 0) is 89.6 Å². The van der Waals surface area contributed by atoms with Crippen molar-refractivity contribution in [2.75, 3.05) is 0 Å². The molecular formula is C55H35N3S. The fourth-order valence-electron chi connectivity index (χ4n) is 8.30. The number of nitrogens with zero attached hydrogens (tertiary/aromatic N) is 3. The van der Waals surface area contributed by atoms with Crippen molar-refractivity contribution in [1.82, 2.24) is 15.0 Å². The average Bonchev–Trinajstić information content (AvgIpc) is 3.76. The molecule has 0 fully saturated rings. The second-order valence-electron chi connectivity index (χ2n) is 14.8. The standard InChI is InChI=1S/C55H35N3S/c1-3-14-36(15-4-1)38-26-30-40(31-27-38)53-56-54(58-55(57-53)50-35-43-18-7-12-25-49(43)59-50)41-32-28-39(29-33-41)51-45-21-8-10-23-47(45)52(48-24-11-9-22-46(48)51)44-20-13-19-42(34-44)37-16-5-2-6-17-37/h1-35H. The predicted octanol–water partition coefficient (Wildman–Crippen LogP) is 15.1. The van der Waals surface area contributed by atoms with E-state index in [0.29, 0.717) is 17.5 Å². The van der Waals surface area contributed by atoms with Gasteiger partial charge in [-0.2, -0.15) is 0 Å². The summed E-state index contributed by atoms with van der Waals surface area (Å²) in [5.41, 5.74) is 11.4. The van der Waals surface area contributed by atoms with Gasteiger partial charge in [-0.3, -0.25) is 0 Å². The van der Waals surface area contributed by atoms with Gasteiger partial charge < -0.3 is 0 Å². The van der Waals surface area contributed by atoms with Crippen LogP contribution in [-0.2, 0) is 0 Å². The average molecular weight is 770 g/mol. The Morgan fingerprint density at radius 1 is 0.271 bits per heavy atom. The minimum absolute atomic E-state index is 0.643. The molecule has 0 unspecified atom stereocenters. The van der Waals surface area contributed by atoms with Gasteiger partial charge in [0, 0.05) is 15.8 Å². The zero-order chi connectivity index (χ0) is 39.1. The summed E-state index contributed by atoms with van der Waals surface area (Å²) in [6.07, 6.45) is 0. The molecule has 0 amide bonds. The smallest absolute Gasteiger partial charge is 0.174 e. The fraction of sp³-hybridized carbons (Fsp3) is 0. The SMILES string of the molecule is c1ccc(-c2ccc(-c3nc(-c4ccc(-c5c6ccccc6c(-c6cccc(-c7ccccc7)c6)c6ccccc56)cc4)nc(-c4cc5ccccc5s4)n3)cc2)cc1. The second-order valence-corrected chi connectivity index (χ2v) is 15.8. The first-order chi connectivity index (χ1) is 29.2. The summed E-state index contributed by atoms with van der Waals surface area (Å²) in [5, 5.41) is 6.06. The topological polar surface area (TPSA) is 38.7 Å². The van der Waals surface area contributed by atoms with Crippen LogP contribution in [0.25, 0.3) is 110 Å². The van der Waals surface area contributed by atoms with Crippen LogP contribution in [0.1, 0.15) is 0 Å². The van der Waals surface area contributed by atoms with Gasteiger partial charge in [-0.1, -0.05) is 194 Å². The molecule has 0 bridgehead atoms. The van der Waals surface area contributed by atoms with Crippen molar-refractivity contribution in [2.24, 2.45) is 0 Å². The van der Waals surface area contributed by atoms with Crippen LogP contribution in [0.4, 0.5) is 0 Å². The highest BCUT2D eigenvalue weighted by atomic mass is 32.1. The summed E-state index contributed by atoms with van der Waals surface area (Å²) in [6.45, 7) is 0. The molecule has 0 radical (unpaired) electrons. The van der Waals surface area contributed by atoms with E-state index in [1.807, 2.05) is 6.07 Å². The van der Waals surface area contributed by atoms with E-state index in [9.17, 15) is 0 Å². The Morgan fingerprint density at radius 3 is 1.25 bits per heavy atom. The predicted molar refractivity (Wildman–Crippen MR) is 248 cm³/mol. The van der Waals surface area contributed by atoms with E-state index in [1.54, 1.807) is 11.3 Å². The summed E-state index contributed by atoms with van der Waals surface area (Å²) < 4.78 is 1.21. The third kappa shape index (κ3) is 6.46. The molecule has 0 spiro atoms. The third-order valence-electron chi connectivity index (χ3n) is 11.2. The van der Waals surface area contributed by atoms with Crippen LogP contribution in [0.3, 0.4) is 0 Å². The van der Waals surface area contributed by atoms with E-state index in [-0.39, 0.29) is 0 Å². The first kappa shape index (κ1) is 34.7. The molecule has 3 nitrogen and oxygen atoms in total. The van der Waals surface area contributed by atoms with E-state index in [1.165, 1.54) is 65.0 Å². The molecule has 0 aliphatic heterocycles. The highest BCUT2D eigenvalue weighted by Crippen LogP contribution is 2.44. The van der Waals surface area contributed by atoms with E-state index < -0.39 is 0 Å². The molecule has 11 aromatic rings. The van der Waals surface area contributed by atoms with E-state index in [0.717, 1.165) is 27.1 Å². The van der Waals surface area contributed by atoms with Gasteiger partial charge in [0.15, 0.2) is 17.5 Å². The van der Waals surface area contributed by atoms with Crippen LogP contribution in [0.15, 0.2) is 212 Å². The zero-order valence-corrected chi connectivity index (χ0v) is 32.8. The van der Waals surface area contributed by atoms with Gasteiger partial charge in [-0.15, -0.1) is 11.3 Å². The van der Waals surface area contributed by atoms with E-state index >= 15 is 0 Å². The molecule has 0 saturated carbocycles. The number of aromatic nitrogens is 3. The van der Waals surface area contributed by atoms with Crippen LogP contribution in [0, 0.1) is 0 Å². The zero-order valence-electron chi connectivity index (χ0n) is 32.0. The lowest BCUT2D eigenvalue weighted by molar-refractivity contribution is 1.08. The lowest BCUT2D eigenvalue weighted by atomic mass is 9.85. The number of hydrogen-bond donors (Lipinski definition) is 0. The number of fused-ring (bicyclic) bond motifs is 3. The highest BCUT2D eigenvalue weighted by molar-refractivity contribution is 7.22. The normalized spacial score (nSPS) is 11.4. The molecule has 59 heavy (non-hydrogen) atoms. The van der Waals surface area contributed by atoms with Crippen LogP contribution in [0.5, 0.6) is 0 Å².